The summed E-state index contributed by atoms with van der Waals surface area (Å²) in [6, 6.07) is 9.27. The fourth-order valence-electron chi connectivity index (χ4n) is 3.48. The molecule has 21 heavy (non-hydrogen) atoms. The quantitative estimate of drug-likeness (QED) is 0.931. The van der Waals surface area contributed by atoms with Gasteiger partial charge in [-0.25, -0.2) is 0 Å². The molecule has 4 heteroatoms. The molecule has 1 unspecified atom stereocenters. The predicted molar refractivity (Wildman–Crippen MR) is 86.8 cm³/mol. The third-order valence-electron chi connectivity index (χ3n) is 4.44. The molecule has 3 rings (SSSR count). The van der Waals surface area contributed by atoms with Crippen molar-refractivity contribution in [3.05, 3.63) is 52.3 Å². The summed E-state index contributed by atoms with van der Waals surface area (Å²) in [5.41, 5.74) is 4.05. The van der Waals surface area contributed by atoms with Crippen LogP contribution in [0, 0.1) is 5.92 Å². The van der Waals surface area contributed by atoms with Crippen molar-refractivity contribution in [2.75, 3.05) is 7.05 Å². The van der Waals surface area contributed by atoms with Crippen molar-refractivity contribution < 1.29 is 0 Å². The normalized spacial score (nSPS) is 16.4. The van der Waals surface area contributed by atoms with Crippen LogP contribution in [0.3, 0.4) is 0 Å². The van der Waals surface area contributed by atoms with Crippen LogP contribution in [-0.4, -0.2) is 16.8 Å². The summed E-state index contributed by atoms with van der Waals surface area (Å²) in [4.78, 5) is 0. The van der Waals surface area contributed by atoms with E-state index in [0.29, 0.717) is 12.0 Å². The summed E-state index contributed by atoms with van der Waals surface area (Å²) in [5.74, 6) is 0.527. The first kappa shape index (κ1) is 14.6. The molecule has 0 saturated carbocycles. The van der Waals surface area contributed by atoms with E-state index in [1.807, 2.05) is 11.7 Å². The third-order valence-corrected chi connectivity index (χ3v) is 4.73. The molecule has 1 heterocycles. The van der Waals surface area contributed by atoms with Gasteiger partial charge in [0, 0.05) is 6.04 Å². The zero-order valence-corrected chi connectivity index (χ0v) is 13.6. The lowest BCUT2D eigenvalue weighted by Gasteiger charge is -2.25. The van der Waals surface area contributed by atoms with Gasteiger partial charge in [-0.1, -0.05) is 35.9 Å². The number of rotatable bonds is 4. The molecule has 1 N–H and O–H groups in total. The standard InChI is InChI=1S/C17H22ClN3/c1-11(2)21-17(15(18)10-20-21)16(19-3)14-8-12-6-4-5-7-13(12)9-14/h4-7,10-11,14,16,19H,8-9H2,1-3H3. The van der Waals surface area contributed by atoms with Gasteiger partial charge in [0.2, 0.25) is 0 Å². The monoisotopic (exact) mass is 303 g/mol. The van der Waals surface area contributed by atoms with Crippen LogP contribution in [0.25, 0.3) is 0 Å². The molecule has 3 nitrogen and oxygen atoms in total. The number of nitrogens with one attached hydrogen (secondary N) is 1. The van der Waals surface area contributed by atoms with E-state index in [-0.39, 0.29) is 6.04 Å². The van der Waals surface area contributed by atoms with E-state index < -0.39 is 0 Å². The van der Waals surface area contributed by atoms with Gasteiger partial charge in [0.25, 0.3) is 0 Å². The lowest BCUT2D eigenvalue weighted by atomic mass is 9.93. The molecule has 0 radical (unpaired) electrons. The van der Waals surface area contributed by atoms with Crippen LogP contribution < -0.4 is 5.32 Å². The smallest absolute Gasteiger partial charge is 0.0834 e. The van der Waals surface area contributed by atoms with Crippen LogP contribution in [0.2, 0.25) is 5.02 Å². The fraction of sp³-hybridized carbons (Fsp3) is 0.471. The van der Waals surface area contributed by atoms with E-state index in [2.05, 4.69) is 48.5 Å². The first-order chi connectivity index (χ1) is 10.1. The maximum atomic E-state index is 6.43. The Labute approximate surface area is 131 Å². The lowest BCUT2D eigenvalue weighted by molar-refractivity contribution is 0.360. The number of hydrogen-bond donors (Lipinski definition) is 1. The van der Waals surface area contributed by atoms with Gasteiger partial charge in [-0.05, 0) is 50.8 Å². The van der Waals surface area contributed by atoms with Gasteiger partial charge >= 0.3 is 0 Å². The molecule has 112 valence electrons. The van der Waals surface area contributed by atoms with Crippen LogP contribution >= 0.6 is 11.6 Å². The first-order valence-electron chi connectivity index (χ1n) is 7.58. The second-order valence-electron chi connectivity index (χ2n) is 6.12. The number of halogens is 1. The molecule has 0 amide bonds. The molecule has 0 bridgehead atoms. The highest BCUT2D eigenvalue weighted by atomic mass is 35.5. The highest BCUT2D eigenvalue weighted by Crippen LogP contribution is 2.38. The summed E-state index contributed by atoms with van der Waals surface area (Å²) in [6.45, 7) is 4.28. The summed E-state index contributed by atoms with van der Waals surface area (Å²) in [7, 11) is 2.02. The van der Waals surface area contributed by atoms with E-state index in [4.69, 9.17) is 11.6 Å². The maximum Gasteiger partial charge on any atom is 0.0834 e. The Bertz CT molecular complexity index is 608. The maximum absolute atomic E-state index is 6.43. The topological polar surface area (TPSA) is 29.9 Å². The van der Waals surface area contributed by atoms with Crippen LogP contribution in [0.4, 0.5) is 0 Å². The third kappa shape index (κ3) is 2.60. The Morgan fingerprint density at radius 1 is 1.24 bits per heavy atom. The highest BCUT2D eigenvalue weighted by molar-refractivity contribution is 6.31. The summed E-state index contributed by atoms with van der Waals surface area (Å²) < 4.78 is 2.05. The van der Waals surface area contributed by atoms with Crippen LogP contribution in [-0.2, 0) is 12.8 Å². The van der Waals surface area contributed by atoms with Gasteiger partial charge in [0.05, 0.1) is 23.0 Å². The summed E-state index contributed by atoms with van der Waals surface area (Å²) in [5, 5.41) is 8.68. The molecule has 1 aliphatic rings. The zero-order chi connectivity index (χ0) is 15.0. The minimum absolute atomic E-state index is 0.231. The fourth-order valence-corrected chi connectivity index (χ4v) is 3.73. The van der Waals surface area contributed by atoms with Gasteiger partial charge in [0.1, 0.15) is 0 Å². The van der Waals surface area contributed by atoms with Crippen molar-refractivity contribution in [1.82, 2.24) is 15.1 Å². The molecule has 0 fully saturated rings. The molecule has 0 saturated heterocycles. The number of fused-ring (bicyclic) bond motifs is 1. The average molecular weight is 304 g/mol. The van der Waals surface area contributed by atoms with Crippen molar-refractivity contribution in [1.29, 1.82) is 0 Å². The minimum atomic E-state index is 0.231. The Morgan fingerprint density at radius 3 is 2.38 bits per heavy atom. The molecule has 0 spiro atoms. The van der Waals surface area contributed by atoms with Crippen molar-refractivity contribution in [3.8, 4) is 0 Å². The van der Waals surface area contributed by atoms with Gasteiger partial charge in [-0.2, -0.15) is 5.10 Å². The van der Waals surface area contributed by atoms with Crippen molar-refractivity contribution in [2.24, 2.45) is 5.92 Å². The summed E-state index contributed by atoms with van der Waals surface area (Å²) >= 11 is 6.43. The Morgan fingerprint density at radius 2 is 1.86 bits per heavy atom. The van der Waals surface area contributed by atoms with Crippen molar-refractivity contribution in [2.45, 2.75) is 38.8 Å². The Balaban J connectivity index is 1.93. The summed E-state index contributed by atoms with van der Waals surface area (Å²) in [6.07, 6.45) is 3.96. The molecule has 1 atom stereocenters. The van der Waals surface area contributed by atoms with Gasteiger partial charge in [-0.15, -0.1) is 0 Å². The van der Waals surface area contributed by atoms with Crippen LogP contribution in [0.15, 0.2) is 30.5 Å². The molecular weight excluding hydrogens is 282 g/mol. The molecular formula is C17H22ClN3. The largest absolute Gasteiger partial charge is 0.311 e. The minimum Gasteiger partial charge on any atom is -0.311 e. The number of aromatic nitrogens is 2. The number of nitrogens with zero attached hydrogens (tertiary/aromatic N) is 2. The lowest BCUT2D eigenvalue weighted by Crippen LogP contribution is -2.29. The highest BCUT2D eigenvalue weighted by Gasteiger charge is 2.32. The number of benzene rings is 1. The van der Waals surface area contributed by atoms with Crippen LogP contribution in [0.5, 0.6) is 0 Å². The van der Waals surface area contributed by atoms with E-state index in [0.717, 1.165) is 23.6 Å². The van der Waals surface area contributed by atoms with E-state index >= 15 is 0 Å². The first-order valence-corrected chi connectivity index (χ1v) is 7.96. The van der Waals surface area contributed by atoms with Crippen LogP contribution in [0.1, 0.15) is 42.8 Å². The molecule has 2 aromatic rings. The second kappa shape index (κ2) is 5.82. The van der Waals surface area contributed by atoms with Crippen molar-refractivity contribution >= 4 is 11.6 Å². The molecule has 1 aromatic carbocycles. The second-order valence-corrected chi connectivity index (χ2v) is 6.53. The van der Waals surface area contributed by atoms with E-state index in [1.54, 1.807) is 6.20 Å². The van der Waals surface area contributed by atoms with Gasteiger partial charge < -0.3 is 5.32 Å². The molecule has 0 aliphatic heterocycles. The Hall–Kier alpha value is -1.32. The average Bonchev–Trinajstić information content (AvgIpc) is 3.04. The van der Waals surface area contributed by atoms with Gasteiger partial charge in [-0.3, -0.25) is 4.68 Å². The molecule has 1 aromatic heterocycles. The zero-order valence-electron chi connectivity index (χ0n) is 12.8. The predicted octanol–water partition coefficient (Wildman–Crippen LogP) is 3.79. The SMILES string of the molecule is CNC(c1c(Cl)cnn1C(C)C)C1Cc2ccccc2C1. The van der Waals surface area contributed by atoms with Crippen molar-refractivity contribution in [3.63, 3.8) is 0 Å². The molecule has 1 aliphatic carbocycles. The van der Waals surface area contributed by atoms with Gasteiger partial charge in [0.15, 0.2) is 0 Å². The van der Waals surface area contributed by atoms with E-state index in [1.165, 1.54) is 11.1 Å². The van der Waals surface area contributed by atoms with E-state index in [9.17, 15) is 0 Å². The number of hydrogen-bond acceptors (Lipinski definition) is 2. The Kier molecular flexibility index (Phi) is 4.05.